The van der Waals surface area contributed by atoms with Crippen molar-refractivity contribution in [3.63, 3.8) is 0 Å². The number of aromatic hydroxyl groups is 1. The third-order valence-electron chi connectivity index (χ3n) is 5.39. The summed E-state index contributed by atoms with van der Waals surface area (Å²) in [5.74, 6) is -0.0215. The van der Waals surface area contributed by atoms with E-state index in [0.717, 1.165) is 32.1 Å². The molecule has 0 atom stereocenters. The third-order valence-corrected chi connectivity index (χ3v) is 5.39. The third kappa shape index (κ3) is 3.97. The van der Waals surface area contributed by atoms with E-state index in [-0.39, 0.29) is 35.2 Å². The number of rotatable bonds is 6. The molecule has 29 heavy (non-hydrogen) atoms. The van der Waals surface area contributed by atoms with E-state index >= 15 is 0 Å². The van der Waals surface area contributed by atoms with Gasteiger partial charge in [0.2, 0.25) is 11.7 Å². The van der Waals surface area contributed by atoms with Crippen LogP contribution in [0.1, 0.15) is 59.6 Å². The number of Topliss-reactive ketones (excluding diaryl/α,β-unsaturated/α-hetero) is 1. The van der Waals surface area contributed by atoms with Crippen molar-refractivity contribution in [2.45, 2.75) is 45.1 Å². The summed E-state index contributed by atoms with van der Waals surface area (Å²) in [5.41, 5.74) is -0.525. The molecule has 1 heterocycles. The van der Waals surface area contributed by atoms with Crippen molar-refractivity contribution in [2.24, 2.45) is 0 Å². The Balaban J connectivity index is 1.98. The van der Waals surface area contributed by atoms with E-state index in [2.05, 4.69) is 0 Å². The van der Waals surface area contributed by atoms with E-state index in [0.29, 0.717) is 11.5 Å². The van der Waals surface area contributed by atoms with Crippen LogP contribution in [0, 0.1) is 18.3 Å². The van der Waals surface area contributed by atoms with Gasteiger partial charge in [-0.05, 0) is 37.5 Å². The summed E-state index contributed by atoms with van der Waals surface area (Å²) in [5, 5.41) is 20.3. The molecule has 1 fully saturated rings. The van der Waals surface area contributed by atoms with E-state index in [1.165, 1.54) is 18.6 Å². The monoisotopic (exact) mass is 396 g/mol. The van der Waals surface area contributed by atoms with Crippen LogP contribution >= 0.6 is 0 Å². The normalized spacial score (nSPS) is 14.2. The second-order valence-electron chi connectivity index (χ2n) is 7.14. The van der Waals surface area contributed by atoms with Crippen LogP contribution in [0.25, 0.3) is 0 Å². The first-order valence-electron chi connectivity index (χ1n) is 9.66. The lowest BCUT2D eigenvalue weighted by molar-refractivity contribution is 0.0913. The molecule has 0 spiro atoms. The maximum Gasteiger partial charge on any atom is 0.271 e. The summed E-state index contributed by atoms with van der Waals surface area (Å²) >= 11 is 0. The Morgan fingerprint density at radius 2 is 1.90 bits per heavy atom. The molecule has 0 bridgehead atoms. The van der Waals surface area contributed by atoms with Gasteiger partial charge in [0.15, 0.2) is 18.1 Å². The van der Waals surface area contributed by atoms with E-state index in [9.17, 15) is 20.0 Å². The molecule has 0 radical (unpaired) electrons. The quantitative estimate of drug-likeness (QED) is 0.750. The predicted octanol–water partition coefficient (Wildman–Crippen LogP) is 3.51. The summed E-state index contributed by atoms with van der Waals surface area (Å²) in [7, 11) is 1.50. The number of pyridine rings is 1. The number of carbonyl (C=O) groups is 1. The summed E-state index contributed by atoms with van der Waals surface area (Å²) in [6, 6.07) is 8.59. The van der Waals surface area contributed by atoms with Gasteiger partial charge in [-0.3, -0.25) is 14.2 Å². The zero-order valence-electron chi connectivity index (χ0n) is 16.6. The van der Waals surface area contributed by atoms with Crippen molar-refractivity contribution >= 4 is 5.78 Å². The molecule has 0 saturated heterocycles. The fourth-order valence-corrected chi connectivity index (χ4v) is 3.89. The number of ketones is 1. The fraction of sp³-hybridized carbons (Fsp3) is 0.409. The lowest BCUT2D eigenvalue weighted by Crippen LogP contribution is -2.31. The van der Waals surface area contributed by atoms with Crippen LogP contribution in [0.3, 0.4) is 0 Å². The van der Waals surface area contributed by atoms with Crippen molar-refractivity contribution in [3.05, 3.63) is 51.3 Å². The first kappa shape index (κ1) is 20.5. The van der Waals surface area contributed by atoms with Gasteiger partial charge in [0, 0.05) is 6.04 Å². The maximum absolute atomic E-state index is 12.9. The SMILES string of the molecule is COc1ccccc1OCC(=O)c1c(C)c(C#N)c(=O)n(C2CCCCC2)c1O. The Labute approximate surface area is 169 Å². The second kappa shape index (κ2) is 8.82. The van der Waals surface area contributed by atoms with Crippen molar-refractivity contribution in [1.82, 2.24) is 4.57 Å². The van der Waals surface area contributed by atoms with Crippen LogP contribution in [-0.2, 0) is 0 Å². The van der Waals surface area contributed by atoms with Crippen molar-refractivity contribution in [2.75, 3.05) is 13.7 Å². The van der Waals surface area contributed by atoms with Gasteiger partial charge in [0.05, 0.1) is 12.7 Å². The van der Waals surface area contributed by atoms with Gasteiger partial charge in [-0.1, -0.05) is 31.4 Å². The number of aromatic nitrogens is 1. The molecule has 3 rings (SSSR count). The molecular formula is C22H24N2O5. The van der Waals surface area contributed by atoms with E-state index in [4.69, 9.17) is 9.47 Å². The molecule has 152 valence electrons. The molecule has 2 aromatic rings. The van der Waals surface area contributed by atoms with Gasteiger partial charge in [-0.25, -0.2) is 0 Å². The second-order valence-corrected chi connectivity index (χ2v) is 7.14. The first-order chi connectivity index (χ1) is 14.0. The highest BCUT2D eigenvalue weighted by Gasteiger charge is 2.28. The van der Waals surface area contributed by atoms with Crippen LogP contribution in [0.2, 0.25) is 0 Å². The average molecular weight is 396 g/mol. The van der Waals surface area contributed by atoms with Gasteiger partial charge >= 0.3 is 0 Å². The Morgan fingerprint density at radius 3 is 2.52 bits per heavy atom. The molecule has 7 nitrogen and oxygen atoms in total. The standard InChI is InChI=1S/C22H24N2O5/c1-14-16(12-23)21(26)24(15-8-4-3-5-9-15)22(27)20(14)17(25)13-29-19-11-7-6-10-18(19)28-2/h6-7,10-11,15,27H,3-5,8-9,13H2,1-2H3. The minimum absolute atomic E-state index is 0.0402. The number of hydrogen-bond donors (Lipinski definition) is 1. The average Bonchev–Trinajstić information content (AvgIpc) is 2.73. The molecule has 1 aromatic carbocycles. The predicted molar refractivity (Wildman–Crippen MR) is 107 cm³/mol. The Kier molecular flexibility index (Phi) is 6.23. The lowest BCUT2D eigenvalue weighted by atomic mass is 9.93. The van der Waals surface area contributed by atoms with E-state index < -0.39 is 11.3 Å². The zero-order valence-corrected chi connectivity index (χ0v) is 16.6. The van der Waals surface area contributed by atoms with Gasteiger partial charge in [-0.15, -0.1) is 0 Å². The molecule has 0 aliphatic heterocycles. The smallest absolute Gasteiger partial charge is 0.271 e. The molecule has 7 heteroatoms. The largest absolute Gasteiger partial charge is 0.494 e. The van der Waals surface area contributed by atoms with Crippen LogP contribution in [0.5, 0.6) is 17.4 Å². The minimum Gasteiger partial charge on any atom is -0.494 e. The van der Waals surface area contributed by atoms with Gasteiger partial charge in [-0.2, -0.15) is 5.26 Å². The number of benzene rings is 1. The van der Waals surface area contributed by atoms with Gasteiger partial charge in [0.25, 0.3) is 5.56 Å². The number of nitrogens with zero attached hydrogens (tertiary/aromatic N) is 2. The van der Waals surface area contributed by atoms with Crippen LogP contribution < -0.4 is 15.0 Å². The van der Waals surface area contributed by atoms with Crippen LogP contribution in [0.15, 0.2) is 29.1 Å². The molecule has 1 saturated carbocycles. The molecule has 1 N–H and O–H groups in total. The highest BCUT2D eigenvalue weighted by atomic mass is 16.5. The van der Waals surface area contributed by atoms with Crippen molar-refractivity contribution in [1.29, 1.82) is 5.26 Å². The number of nitriles is 1. The number of hydrogen-bond acceptors (Lipinski definition) is 6. The van der Waals surface area contributed by atoms with E-state index in [1.807, 2.05) is 6.07 Å². The summed E-state index contributed by atoms with van der Waals surface area (Å²) < 4.78 is 12.0. The maximum atomic E-state index is 12.9. The van der Waals surface area contributed by atoms with Crippen molar-refractivity contribution in [3.8, 4) is 23.4 Å². The molecule has 1 aliphatic rings. The Hall–Kier alpha value is -3.27. The van der Waals surface area contributed by atoms with Gasteiger partial charge < -0.3 is 14.6 Å². The molecule has 1 aliphatic carbocycles. The van der Waals surface area contributed by atoms with Crippen LogP contribution in [0.4, 0.5) is 0 Å². The highest BCUT2D eigenvalue weighted by Crippen LogP contribution is 2.33. The number of carbonyl (C=O) groups excluding carboxylic acids is 1. The lowest BCUT2D eigenvalue weighted by Gasteiger charge is -2.26. The van der Waals surface area contributed by atoms with Gasteiger partial charge in [0.1, 0.15) is 11.6 Å². The Morgan fingerprint density at radius 1 is 1.24 bits per heavy atom. The van der Waals surface area contributed by atoms with E-state index in [1.54, 1.807) is 24.3 Å². The number of ether oxygens (including phenoxy) is 2. The number of para-hydroxylation sites is 2. The molecule has 0 unspecified atom stereocenters. The number of methoxy groups -OCH3 is 1. The zero-order chi connectivity index (χ0) is 21.0. The topological polar surface area (TPSA) is 102 Å². The van der Waals surface area contributed by atoms with Crippen molar-refractivity contribution < 1.29 is 19.4 Å². The summed E-state index contributed by atoms with van der Waals surface area (Å²) in [4.78, 5) is 25.7. The highest BCUT2D eigenvalue weighted by molar-refractivity contribution is 6.01. The first-order valence-corrected chi connectivity index (χ1v) is 9.66. The molecular weight excluding hydrogens is 372 g/mol. The molecule has 1 aromatic heterocycles. The summed E-state index contributed by atoms with van der Waals surface area (Å²) in [6.07, 6.45) is 4.40. The summed E-state index contributed by atoms with van der Waals surface area (Å²) in [6.45, 7) is 1.14. The minimum atomic E-state index is -0.545. The van der Waals surface area contributed by atoms with Crippen LogP contribution in [-0.4, -0.2) is 29.2 Å². The fourth-order valence-electron chi connectivity index (χ4n) is 3.89. The Bertz CT molecular complexity index is 1010. The molecule has 0 amide bonds.